The van der Waals surface area contributed by atoms with E-state index >= 15 is 0 Å². The molecule has 4 heterocycles. The number of rotatable bonds is 8. The SMILES string of the molecule is COc1ccc(CN(C[C@@H]2CCCO2)[C@H](c2cc3cc4c(cc3[nH]c2=O)OCO4)c2nnnn2C(C)(C)C)cc1. The summed E-state index contributed by atoms with van der Waals surface area (Å²) in [6, 6.07) is 13.0. The number of aromatic amines is 1. The van der Waals surface area contributed by atoms with E-state index in [0.29, 0.717) is 41.5 Å². The minimum Gasteiger partial charge on any atom is -0.497 e. The highest BCUT2D eigenvalue weighted by Gasteiger charge is 2.35. The Hall–Kier alpha value is -3.96. The average molecular weight is 547 g/mol. The number of pyridine rings is 1. The molecule has 1 fully saturated rings. The molecule has 0 amide bonds. The van der Waals surface area contributed by atoms with E-state index in [1.165, 1.54) is 0 Å². The van der Waals surface area contributed by atoms with Crippen molar-refractivity contribution < 1.29 is 18.9 Å². The molecule has 2 aliphatic heterocycles. The fraction of sp³-hybridized carbons (Fsp3) is 0.448. The first-order valence-corrected chi connectivity index (χ1v) is 13.5. The summed E-state index contributed by atoms with van der Waals surface area (Å²) >= 11 is 0. The van der Waals surface area contributed by atoms with E-state index in [9.17, 15) is 4.79 Å². The molecule has 0 unspecified atom stereocenters. The zero-order valence-electron chi connectivity index (χ0n) is 23.2. The molecule has 1 saturated heterocycles. The molecule has 210 valence electrons. The number of nitrogens with one attached hydrogen (secondary N) is 1. The maximum absolute atomic E-state index is 13.8. The quantitative estimate of drug-likeness (QED) is 0.352. The van der Waals surface area contributed by atoms with E-state index < -0.39 is 11.6 Å². The van der Waals surface area contributed by atoms with Crippen molar-refractivity contribution in [2.45, 2.75) is 57.8 Å². The number of aromatic nitrogens is 5. The van der Waals surface area contributed by atoms with E-state index in [-0.39, 0.29) is 18.5 Å². The van der Waals surface area contributed by atoms with Gasteiger partial charge in [0.1, 0.15) is 11.8 Å². The van der Waals surface area contributed by atoms with E-state index in [2.05, 4.69) is 25.4 Å². The normalized spacial score (nSPS) is 17.6. The second-order valence-electron chi connectivity index (χ2n) is 11.3. The van der Waals surface area contributed by atoms with E-state index in [4.69, 9.17) is 18.9 Å². The molecule has 11 heteroatoms. The number of H-pyrrole nitrogens is 1. The number of methoxy groups -OCH3 is 1. The second-order valence-corrected chi connectivity index (χ2v) is 11.3. The third-order valence-electron chi connectivity index (χ3n) is 7.41. The summed E-state index contributed by atoms with van der Waals surface area (Å²) in [5, 5.41) is 13.7. The summed E-state index contributed by atoms with van der Waals surface area (Å²) in [7, 11) is 1.65. The molecule has 40 heavy (non-hydrogen) atoms. The number of hydrogen-bond acceptors (Lipinski definition) is 9. The lowest BCUT2D eigenvalue weighted by atomic mass is 10.00. The molecular weight excluding hydrogens is 512 g/mol. The molecule has 6 rings (SSSR count). The van der Waals surface area contributed by atoms with Crippen LogP contribution in [0.3, 0.4) is 0 Å². The fourth-order valence-electron chi connectivity index (χ4n) is 5.43. The van der Waals surface area contributed by atoms with Crippen molar-refractivity contribution in [3.8, 4) is 17.2 Å². The lowest BCUT2D eigenvalue weighted by Gasteiger charge is -2.34. The van der Waals surface area contributed by atoms with Gasteiger partial charge in [0.2, 0.25) is 6.79 Å². The summed E-state index contributed by atoms with van der Waals surface area (Å²) in [6.45, 7) is 8.17. The maximum atomic E-state index is 13.8. The number of hydrogen-bond donors (Lipinski definition) is 1. The molecule has 4 aromatic rings. The molecule has 11 nitrogen and oxygen atoms in total. The van der Waals surface area contributed by atoms with Crippen LogP contribution in [-0.2, 0) is 16.8 Å². The van der Waals surface area contributed by atoms with Gasteiger partial charge in [-0.3, -0.25) is 9.69 Å². The van der Waals surface area contributed by atoms with Gasteiger partial charge in [-0.05, 0) is 73.9 Å². The highest BCUT2D eigenvalue weighted by molar-refractivity contribution is 5.83. The first-order chi connectivity index (χ1) is 19.3. The average Bonchev–Trinajstić information content (AvgIpc) is 3.70. The standard InChI is InChI=1S/C29H34N6O5/c1-29(2,3)35-27(31-32-33-35)26(22-12-19-13-24-25(40-17-39-24)14-23(19)30-28(22)36)34(16-21-6-5-11-38-21)15-18-7-9-20(37-4)10-8-18/h7-10,12-14,21,26H,5-6,11,15-17H2,1-4H3,(H,30,36)/t21-,26+/m0/s1. The van der Waals surface area contributed by atoms with Crippen molar-refractivity contribution in [2.24, 2.45) is 0 Å². The molecule has 0 saturated carbocycles. The summed E-state index contributed by atoms with van der Waals surface area (Å²) < 4.78 is 24.4. The van der Waals surface area contributed by atoms with Gasteiger partial charge in [0, 0.05) is 36.7 Å². The van der Waals surface area contributed by atoms with Crippen LogP contribution < -0.4 is 19.8 Å². The van der Waals surface area contributed by atoms with Crippen LogP contribution in [0, 0.1) is 0 Å². The Morgan fingerprint density at radius 3 is 2.62 bits per heavy atom. The van der Waals surface area contributed by atoms with Gasteiger partial charge in [-0.15, -0.1) is 5.10 Å². The zero-order chi connectivity index (χ0) is 27.9. The monoisotopic (exact) mass is 546 g/mol. The minimum absolute atomic E-state index is 0.0353. The van der Waals surface area contributed by atoms with Crippen molar-refractivity contribution in [3.05, 3.63) is 69.8 Å². The molecule has 2 aliphatic rings. The molecule has 0 aliphatic carbocycles. The van der Waals surface area contributed by atoms with Crippen molar-refractivity contribution in [1.29, 1.82) is 0 Å². The number of fused-ring (bicyclic) bond motifs is 2. The Kier molecular flexibility index (Phi) is 6.93. The summed E-state index contributed by atoms with van der Waals surface area (Å²) in [5.41, 5.74) is 1.65. The zero-order valence-corrected chi connectivity index (χ0v) is 23.2. The van der Waals surface area contributed by atoms with Gasteiger partial charge in [0.25, 0.3) is 5.56 Å². The predicted octanol–water partition coefficient (Wildman–Crippen LogP) is 3.78. The van der Waals surface area contributed by atoms with Crippen molar-refractivity contribution in [1.82, 2.24) is 30.1 Å². The largest absolute Gasteiger partial charge is 0.497 e. The molecule has 2 atom stereocenters. The first-order valence-electron chi connectivity index (χ1n) is 13.5. The molecule has 2 aromatic carbocycles. The Morgan fingerprint density at radius 1 is 1.15 bits per heavy atom. The lowest BCUT2D eigenvalue weighted by molar-refractivity contribution is 0.0564. The first kappa shape index (κ1) is 26.3. The Morgan fingerprint density at radius 2 is 1.93 bits per heavy atom. The smallest absolute Gasteiger partial charge is 0.253 e. The van der Waals surface area contributed by atoms with E-state index in [1.807, 2.05) is 57.2 Å². The van der Waals surface area contributed by atoms with Gasteiger partial charge in [0.05, 0.1) is 24.3 Å². The van der Waals surface area contributed by atoms with Gasteiger partial charge in [-0.2, -0.15) is 0 Å². The molecular formula is C29H34N6O5. The number of nitrogens with zero attached hydrogens (tertiary/aromatic N) is 5. The Bertz CT molecular complexity index is 1550. The van der Waals surface area contributed by atoms with Crippen LogP contribution in [0.4, 0.5) is 0 Å². The maximum Gasteiger partial charge on any atom is 0.253 e. The summed E-state index contributed by atoms with van der Waals surface area (Å²) in [5.74, 6) is 2.64. The lowest BCUT2D eigenvalue weighted by Crippen LogP contribution is -2.40. The van der Waals surface area contributed by atoms with Crippen LogP contribution in [0.15, 0.2) is 47.3 Å². The second kappa shape index (κ2) is 10.5. The van der Waals surface area contributed by atoms with Gasteiger partial charge < -0.3 is 23.9 Å². The molecule has 1 N–H and O–H groups in total. The van der Waals surface area contributed by atoms with Gasteiger partial charge in [-0.1, -0.05) is 12.1 Å². The van der Waals surface area contributed by atoms with Gasteiger partial charge in [-0.25, -0.2) is 4.68 Å². The molecule has 2 aromatic heterocycles. The van der Waals surface area contributed by atoms with Crippen LogP contribution in [0.2, 0.25) is 0 Å². The highest BCUT2D eigenvalue weighted by atomic mass is 16.7. The minimum atomic E-state index is -0.556. The van der Waals surface area contributed by atoms with E-state index in [0.717, 1.165) is 36.1 Å². The molecule has 0 spiro atoms. The van der Waals surface area contributed by atoms with Crippen LogP contribution in [0.5, 0.6) is 17.2 Å². The Labute approximate surface area is 232 Å². The third-order valence-corrected chi connectivity index (χ3v) is 7.41. The van der Waals surface area contributed by atoms with Gasteiger partial charge in [0.15, 0.2) is 17.3 Å². The summed E-state index contributed by atoms with van der Waals surface area (Å²) in [6.07, 6.45) is 2.00. The number of ether oxygens (including phenoxy) is 4. The Balaban J connectivity index is 1.51. The van der Waals surface area contributed by atoms with Crippen LogP contribution in [0.1, 0.15) is 56.6 Å². The topological polar surface area (TPSA) is 117 Å². The number of tetrazole rings is 1. The molecule has 0 bridgehead atoms. The third kappa shape index (κ3) is 5.14. The predicted molar refractivity (Wildman–Crippen MR) is 148 cm³/mol. The number of benzene rings is 2. The van der Waals surface area contributed by atoms with Crippen LogP contribution >= 0.6 is 0 Å². The van der Waals surface area contributed by atoms with Crippen molar-refractivity contribution >= 4 is 10.9 Å². The van der Waals surface area contributed by atoms with Crippen LogP contribution in [0.25, 0.3) is 10.9 Å². The van der Waals surface area contributed by atoms with E-state index in [1.54, 1.807) is 17.9 Å². The highest BCUT2D eigenvalue weighted by Crippen LogP contribution is 2.37. The van der Waals surface area contributed by atoms with Gasteiger partial charge >= 0.3 is 0 Å². The van der Waals surface area contributed by atoms with Crippen LogP contribution in [-0.4, -0.2) is 63.2 Å². The molecule has 0 radical (unpaired) electrons. The van der Waals surface area contributed by atoms with Crippen molar-refractivity contribution in [2.75, 3.05) is 27.1 Å². The van der Waals surface area contributed by atoms with Crippen molar-refractivity contribution in [3.63, 3.8) is 0 Å². The summed E-state index contributed by atoms with van der Waals surface area (Å²) in [4.78, 5) is 19.1. The fourth-order valence-corrected chi connectivity index (χ4v) is 5.43.